The zero-order valence-corrected chi connectivity index (χ0v) is 21.0. The molecule has 31 heavy (non-hydrogen) atoms. The zero-order chi connectivity index (χ0) is 22.6. The van der Waals surface area contributed by atoms with E-state index in [1.165, 1.54) is 0 Å². The van der Waals surface area contributed by atoms with Gasteiger partial charge in [0.15, 0.2) is 0 Å². The molecule has 2 atom stereocenters. The lowest BCUT2D eigenvalue weighted by Crippen LogP contribution is -2.36. The summed E-state index contributed by atoms with van der Waals surface area (Å²) in [7, 11) is -1.16. The molecule has 1 saturated carbocycles. The van der Waals surface area contributed by atoms with Gasteiger partial charge in [0, 0.05) is 33.5 Å². The third-order valence-corrected chi connectivity index (χ3v) is 7.26. The molecule has 3 rings (SSSR count). The number of nitrogens with zero attached hydrogens (tertiary/aromatic N) is 3. The van der Waals surface area contributed by atoms with Crippen molar-refractivity contribution in [1.29, 1.82) is 0 Å². The summed E-state index contributed by atoms with van der Waals surface area (Å²) in [5.41, 5.74) is 1.37. The molecular weight excluding hydrogens is 480 g/mol. The van der Waals surface area contributed by atoms with Crippen LogP contribution in [0.15, 0.2) is 16.9 Å². The second-order valence-corrected chi connectivity index (χ2v) is 15.6. The second kappa shape index (κ2) is 10.1. The van der Waals surface area contributed by atoms with E-state index < -0.39 is 14.2 Å². The molecule has 0 bridgehead atoms. The largest absolute Gasteiger partial charge is 0.465 e. The normalized spacial score (nSPS) is 16.0. The molecule has 0 spiro atoms. The molecule has 170 valence electrons. The van der Waals surface area contributed by atoms with Gasteiger partial charge < -0.3 is 25.5 Å². The van der Waals surface area contributed by atoms with Gasteiger partial charge >= 0.3 is 6.09 Å². The number of aromatic nitrogens is 4. The molecule has 4 N–H and O–H groups in total. The van der Waals surface area contributed by atoms with Crippen LogP contribution in [0.3, 0.4) is 0 Å². The van der Waals surface area contributed by atoms with E-state index in [1.54, 1.807) is 19.2 Å². The van der Waals surface area contributed by atoms with E-state index in [0.29, 0.717) is 29.8 Å². The lowest BCUT2D eigenvalue weighted by atomic mass is 10.2. The lowest BCUT2D eigenvalue weighted by molar-refractivity contribution is 0.0401. The number of nitrogens with one attached hydrogen (secondary N) is 3. The van der Waals surface area contributed by atoms with Crippen LogP contribution >= 0.6 is 15.9 Å². The summed E-state index contributed by atoms with van der Waals surface area (Å²) in [5, 5.41) is 14.2. The van der Waals surface area contributed by atoms with Gasteiger partial charge in [0.2, 0.25) is 5.95 Å². The summed E-state index contributed by atoms with van der Waals surface area (Å²) in [5.74, 6) is 1.75. The molecule has 0 aromatic carbocycles. The Morgan fingerprint density at radius 3 is 2.77 bits per heavy atom. The summed E-state index contributed by atoms with van der Waals surface area (Å²) in [4.78, 5) is 27.6. The summed E-state index contributed by atoms with van der Waals surface area (Å²) in [6.07, 6.45) is 2.90. The molecule has 2 heterocycles. The van der Waals surface area contributed by atoms with Gasteiger partial charge in [-0.05, 0) is 53.7 Å². The van der Waals surface area contributed by atoms with Crippen LogP contribution in [0.4, 0.5) is 10.7 Å². The molecule has 1 fully saturated rings. The van der Waals surface area contributed by atoms with E-state index in [2.05, 4.69) is 61.2 Å². The summed E-state index contributed by atoms with van der Waals surface area (Å²) >= 11 is 3.58. The maximum atomic E-state index is 10.7. The molecule has 2 unspecified atom stereocenters. The van der Waals surface area contributed by atoms with E-state index in [-0.39, 0.29) is 12.1 Å². The summed E-state index contributed by atoms with van der Waals surface area (Å²) < 4.78 is 7.03. The Kier molecular flexibility index (Phi) is 7.71. The molecular formula is C20H31BrN6O3Si. The number of ether oxygens (including phenoxy) is 1. The number of H-pyrrole nitrogens is 1. The summed E-state index contributed by atoms with van der Waals surface area (Å²) in [6, 6.07) is 2.65. The second-order valence-electron chi connectivity index (χ2n) is 9.22. The van der Waals surface area contributed by atoms with Crippen molar-refractivity contribution in [2.75, 3.05) is 18.5 Å². The molecule has 2 aromatic heterocycles. The van der Waals surface area contributed by atoms with Gasteiger partial charge in [0.1, 0.15) is 22.2 Å². The maximum Gasteiger partial charge on any atom is 0.404 e. The Bertz CT molecular complexity index is 899. The van der Waals surface area contributed by atoms with Gasteiger partial charge in [-0.1, -0.05) is 19.6 Å². The van der Waals surface area contributed by atoms with Crippen LogP contribution in [0, 0.1) is 5.92 Å². The van der Waals surface area contributed by atoms with Gasteiger partial charge in [-0.25, -0.2) is 19.7 Å². The first-order chi connectivity index (χ1) is 14.6. The fraction of sp³-hybridized carbons (Fsp3) is 0.600. The number of carboxylic acid groups (broad SMARTS) is 1. The van der Waals surface area contributed by atoms with Crippen LogP contribution < -0.4 is 10.6 Å². The molecule has 0 radical (unpaired) electrons. The minimum Gasteiger partial charge on any atom is -0.465 e. The average Bonchev–Trinajstić information content (AvgIpc) is 3.44. The standard InChI is InChI=1S/C20H31BrN6O3Si/c1-12(24-20(28)29)11-23-19-22-8-7-14(25-19)15-17(21)27-18(26-15)16(13-5-6-13)30-9-10-31(2,3)4/h7-8,12-13,16,24H,5-6,9-11H2,1-4H3,(H,26,27)(H,28,29)(H,22,23,25). The quantitative estimate of drug-likeness (QED) is 0.327. The number of hydrogen-bond donors (Lipinski definition) is 4. The Hall–Kier alpha value is -1.98. The third kappa shape index (κ3) is 7.29. The van der Waals surface area contributed by atoms with Crippen LogP contribution in [-0.4, -0.2) is 58.4 Å². The molecule has 2 aromatic rings. The predicted molar refractivity (Wildman–Crippen MR) is 126 cm³/mol. The summed E-state index contributed by atoms with van der Waals surface area (Å²) in [6.45, 7) is 9.95. The van der Waals surface area contributed by atoms with Crippen molar-refractivity contribution in [2.24, 2.45) is 5.92 Å². The lowest BCUT2D eigenvalue weighted by Gasteiger charge is -2.19. The number of amides is 1. The highest BCUT2D eigenvalue weighted by molar-refractivity contribution is 9.10. The first-order valence-corrected chi connectivity index (χ1v) is 15.1. The van der Waals surface area contributed by atoms with Crippen molar-refractivity contribution in [2.45, 2.75) is 57.6 Å². The topological polar surface area (TPSA) is 125 Å². The van der Waals surface area contributed by atoms with Crippen molar-refractivity contribution < 1.29 is 14.6 Å². The molecule has 0 saturated heterocycles. The maximum absolute atomic E-state index is 10.7. The van der Waals surface area contributed by atoms with Gasteiger partial charge in [-0.3, -0.25) is 0 Å². The average molecular weight is 511 g/mol. The Morgan fingerprint density at radius 2 is 2.13 bits per heavy atom. The van der Waals surface area contributed by atoms with Crippen molar-refractivity contribution in [3.05, 3.63) is 22.7 Å². The van der Waals surface area contributed by atoms with Crippen LogP contribution in [0.25, 0.3) is 11.4 Å². The Morgan fingerprint density at radius 1 is 1.39 bits per heavy atom. The zero-order valence-electron chi connectivity index (χ0n) is 18.4. The van der Waals surface area contributed by atoms with E-state index in [9.17, 15) is 4.79 Å². The minimum absolute atomic E-state index is 0.0243. The molecule has 11 heteroatoms. The fourth-order valence-corrected chi connectivity index (χ4v) is 4.31. The SMILES string of the molecule is CC(CNc1nccc(-c2nc(C(OCC[Si](C)(C)C)C3CC3)[nH]c2Br)n1)NC(=O)O. The van der Waals surface area contributed by atoms with Crippen molar-refractivity contribution in [1.82, 2.24) is 25.3 Å². The molecule has 1 aliphatic rings. The van der Waals surface area contributed by atoms with E-state index in [1.807, 2.05) is 0 Å². The molecule has 1 aliphatic carbocycles. The first-order valence-electron chi connectivity index (χ1n) is 10.6. The Labute approximate surface area is 192 Å². The van der Waals surface area contributed by atoms with Crippen LogP contribution in [0.2, 0.25) is 25.7 Å². The number of anilines is 1. The number of imidazole rings is 1. The van der Waals surface area contributed by atoms with Crippen LogP contribution in [0.1, 0.15) is 31.7 Å². The first kappa shape index (κ1) is 23.7. The van der Waals surface area contributed by atoms with Crippen molar-refractivity contribution >= 4 is 36.0 Å². The van der Waals surface area contributed by atoms with Gasteiger partial charge in [0.25, 0.3) is 0 Å². The van der Waals surface area contributed by atoms with Crippen LogP contribution in [-0.2, 0) is 4.74 Å². The Balaban J connectivity index is 1.70. The minimum atomic E-state index is -1.16. The number of rotatable bonds is 11. The van der Waals surface area contributed by atoms with E-state index >= 15 is 0 Å². The van der Waals surface area contributed by atoms with Gasteiger partial charge in [0.05, 0.1) is 5.69 Å². The predicted octanol–water partition coefficient (Wildman–Crippen LogP) is 4.50. The van der Waals surface area contributed by atoms with Crippen LogP contribution in [0.5, 0.6) is 0 Å². The smallest absolute Gasteiger partial charge is 0.404 e. The molecule has 9 nitrogen and oxygen atoms in total. The van der Waals surface area contributed by atoms with E-state index in [0.717, 1.165) is 35.9 Å². The highest BCUT2D eigenvalue weighted by Crippen LogP contribution is 2.43. The number of carbonyl (C=O) groups is 1. The number of halogens is 1. The molecule has 0 aliphatic heterocycles. The van der Waals surface area contributed by atoms with Crippen molar-refractivity contribution in [3.8, 4) is 11.4 Å². The van der Waals surface area contributed by atoms with Gasteiger partial charge in [-0.15, -0.1) is 0 Å². The monoisotopic (exact) mass is 510 g/mol. The van der Waals surface area contributed by atoms with E-state index in [4.69, 9.17) is 14.8 Å². The van der Waals surface area contributed by atoms with Crippen molar-refractivity contribution in [3.63, 3.8) is 0 Å². The fourth-order valence-electron chi connectivity index (χ4n) is 3.08. The number of hydrogen-bond acceptors (Lipinski definition) is 6. The highest BCUT2D eigenvalue weighted by Gasteiger charge is 2.36. The van der Waals surface area contributed by atoms with Gasteiger partial charge in [-0.2, -0.15) is 0 Å². The third-order valence-electron chi connectivity index (χ3n) is 4.98. The number of aromatic amines is 1. The highest BCUT2D eigenvalue weighted by atomic mass is 79.9. The molecule has 1 amide bonds.